The van der Waals surface area contributed by atoms with Crippen LogP contribution in [0.25, 0.3) is 0 Å². The summed E-state index contributed by atoms with van der Waals surface area (Å²) in [4.78, 5) is 5.15. The number of hydrogen-bond acceptors (Lipinski definition) is 3. The first kappa shape index (κ1) is 18.4. The summed E-state index contributed by atoms with van der Waals surface area (Å²) in [6, 6.07) is 10.6. The van der Waals surface area contributed by atoms with Crippen molar-refractivity contribution in [2.45, 2.75) is 38.8 Å². The highest BCUT2D eigenvalue weighted by Gasteiger charge is 2.22. The molecule has 0 N–H and O–H groups in total. The van der Waals surface area contributed by atoms with Gasteiger partial charge in [-0.2, -0.15) is 5.10 Å². The smallest absolute Gasteiger partial charge is 0.0489 e. The van der Waals surface area contributed by atoms with Crippen LogP contribution in [0.5, 0.6) is 0 Å². The predicted molar refractivity (Wildman–Crippen MR) is 104 cm³/mol. The van der Waals surface area contributed by atoms with Crippen LogP contribution in [-0.2, 0) is 6.54 Å². The van der Waals surface area contributed by atoms with Gasteiger partial charge in [0.1, 0.15) is 0 Å². The zero-order chi connectivity index (χ0) is 17.5. The molecule has 2 aromatic rings. The van der Waals surface area contributed by atoms with Crippen molar-refractivity contribution in [1.82, 2.24) is 19.6 Å². The number of aromatic nitrogens is 2. The maximum Gasteiger partial charge on any atom is 0.0489 e. The van der Waals surface area contributed by atoms with E-state index in [1.807, 2.05) is 35.3 Å². The van der Waals surface area contributed by atoms with E-state index < -0.39 is 0 Å². The quantitative estimate of drug-likeness (QED) is 0.663. The molecule has 3 rings (SSSR count). The SMILES string of the molecule is CC(c1ccccc1Cl)N1CCN(CCCCCn2cccn2)CC1. The average molecular weight is 361 g/mol. The fourth-order valence-corrected chi connectivity index (χ4v) is 3.90. The summed E-state index contributed by atoms with van der Waals surface area (Å²) in [6.07, 6.45) is 7.66. The summed E-state index contributed by atoms with van der Waals surface area (Å²) in [6.45, 7) is 9.09. The van der Waals surface area contributed by atoms with Gasteiger partial charge < -0.3 is 4.90 Å². The third-order valence-electron chi connectivity index (χ3n) is 5.23. The molecule has 4 nitrogen and oxygen atoms in total. The molecule has 1 aromatic heterocycles. The minimum Gasteiger partial charge on any atom is -0.301 e. The molecule has 0 amide bonds. The summed E-state index contributed by atoms with van der Waals surface area (Å²) < 4.78 is 2.02. The topological polar surface area (TPSA) is 24.3 Å². The van der Waals surface area contributed by atoms with Crippen molar-refractivity contribution in [2.75, 3.05) is 32.7 Å². The van der Waals surface area contributed by atoms with E-state index in [-0.39, 0.29) is 0 Å². The number of piperazine rings is 1. The van der Waals surface area contributed by atoms with Crippen LogP contribution < -0.4 is 0 Å². The van der Waals surface area contributed by atoms with Crippen LogP contribution in [0.15, 0.2) is 42.7 Å². The van der Waals surface area contributed by atoms with E-state index in [2.05, 4.69) is 34.0 Å². The zero-order valence-corrected chi connectivity index (χ0v) is 15.9. The second kappa shape index (κ2) is 9.37. The molecule has 0 radical (unpaired) electrons. The van der Waals surface area contributed by atoms with Crippen molar-refractivity contribution < 1.29 is 0 Å². The monoisotopic (exact) mass is 360 g/mol. The Bertz CT molecular complexity index is 620. The van der Waals surface area contributed by atoms with E-state index in [1.54, 1.807) is 0 Å². The molecule has 1 saturated heterocycles. The van der Waals surface area contributed by atoms with Crippen LogP contribution in [0.1, 0.15) is 37.8 Å². The maximum absolute atomic E-state index is 6.36. The Balaban J connectivity index is 1.34. The van der Waals surface area contributed by atoms with Crippen LogP contribution in [0, 0.1) is 0 Å². The summed E-state index contributed by atoms with van der Waals surface area (Å²) in [5.74, 6) is 0. The van der Waals surface area contributed by atoms with Crippen LogP contribution in [-0.4, -0.2) is 52.3 Å². The molecule has 0 bridgehead atoms. The second-order valence-corrected chi connectivity index (χ2v) is 7.31. The molecule has 1 aliphatic rings. The molecular weight excluding hydrogens is 332 g/mol. The third kappa shape index (κ3) is 5.30. The number of rotatable bonds is 8. The van der Waals surface area contributed by atoms with Crippen molar-refractivity contribution in [3.05, 3.63) is 53.3 Å². The molecule has 1 unspecified atom stereocenters. The highest BCUT2D eigenvalue weighted by molar-refractivity contribution is 6.31. The van der Waals surface area contributed by atoms with Gasteiger partial charge in [0.25, 0.3) is 0 Å². The standard InChI is InChI=1S/C20H29ClN4/c1-18(19-8-3-4-9-20(19)21)24-16-14-23(15-17-24)11-5-2-6-12-25-13-7-10-22-25/h3-4,7-10,13,18H,2,5-6,11-12,14-17H2,1H3. The molecule has 0 aliphatic carbocycles. The largest absolute Gasteiger partial charge is 0.301 e. The first-order chi connectivity index (χ1) is 12.2. The van der Waals surface area contributed by atoms with Gasteiger partial charge in [-0.05, 0) is 44.0 Å². The van der Waals surface area contributed by atoms with Gasteiger partial charge in [-0.3, -0.25) is 9.58 Å². The number of hydrogen-bond donors (Lipinski definition) is 0. The molecule has 1 aromatic carbocycles. The first-order valence-electron chi connectivity index (χ1n) is 9.42. The van der Waals surface area contributed by atoms with E-state index in [4.69, 9.17) is 11.6 Å². The van der Waals surface area contributed by atoms with Crippen molar-refractivity contribution >= 4 is 11.6 Å². The lowest BCUT2D eigenvalue weighted by Crippen LogP contribution is -2.47. The molecule has 0 spiro atoms. The Morgan fingerprint density at radius 2 is 1.76 bits per heavy atom. The number of aryl methyl sites for hydroxylation is 1. The van der Waals surface area contributed by atoms with Crippen molar-refractivity contribution in [3.8, 4) is 0 Å². The van der Waals surface area contributed by atoms with Gasteiger partial charge in [0.2, 0.25) is 0 Å². The Morgan fingerprint density at radius 1 is 1.00 bits per heavy atom. The van der Waals surface area contributed by atoms with Crippen molar-refractivity contribution in [3.63, 3.8) is 0 Å². The van der Waals surface area contributed by atoms with Gasteiger partial charge in [0, 0.05) is 56.2 Å². The fourth-order valence-electron chi connectivity index (χ4n) is 3.60. The first-order valence-corrected chi connectivity index (χ1v) is 9.80. The number of halogens is 1. The van der Waals surface area contributed by atoms with E-state index in [0.29, 0.717) is 6.04 Å². The van der Waals surface area contributed by atoms with E-state index in [1.165, 1.54) is 31.4 Å². The lowest BCUT2D eigenvalue weighted by Gasteiger charge is -2.38. The Hall–Kier alpha value is -1.36. The zero-order valence-electron chi connectivity index (χ0n) is 15.1. The Labute approximate surface area is 156 Å². The molecule has 136 valence electrons. The van der Waals surface area contributed by atoms with E-state index in [9.17, 15) is 0 Å². The summed E-state index contributed by atoms with van der Waals surface area (Å²) >= 11 is 6.36. The van der Waals surface area contributed by atoms with E-state index >= 15 is 0 Å². The highest BCUT2D eigenvalue weighted by Crippen LogP contribution is 2.27. The third-order valence-corrected chi connectivity index (χ3v) is 5.57. The molecule has 0 saturated carbocycles. The van der Waals surface area contributed by atoms with Gasteiger partial charge in [-0.15, -0.1) is 0 Å². The van der Waals surface area contributed by atoms with E-state index in [0.717, 1.165) is 37.7 Å². The summed E-state index contributed by atoms with van der Waals surface area (Å²) in [5.41, 5.74) is 1.25. The molecule has 25 heavy (non-hydrogen) atoms. The highest BCUT2D eigenvalue weighted by atomic mass is 35.5. The normalized spacial score (nSPS) is 17.7. The Kier molecular flexibility index (Phi) is 6.91. The van der Waals surface area contributed by atoms with Gasteiger partial charge in [-0.1, -0.05) is 36.2 Å². The van der Waals surface area contributed by atoms with Crippen LogP contribution in [0.3, 0.4) is 0 Å². The second-order valence-electron chi connectivity index (χ2n) is 6.90. The Morgan fingerprint density at radius 3 is 2.48 bits per heavy atom. The minimum atomic E-state index is 0.393. The van der Waals surface area contributed by atoms with Crippen molar-refractivity contribution in [1.29, 1.82) is 0 Å². The van der Waals surface area contributed by atoms with Crippen LogP contribution in [0.2, 0.25) is 5.02 Å². The average Bonchev–Trinajstić information content (AvgIpc) is 3.15. The summed E-state index contributed by atoms with van der Waals surface area (Å²) in [7, 11) is 0. The molecule has 2 heterocycles. The number of unbranched alkanes of at least 4 members (excludes halogenated alkanes) is 2. The molecule has 1 aliphatic heterocycles. The molecule has 5 heteroatoms. The number of nitrogens with zero attached hydrogens (tertiary/aromatic N) is 4. The predicted octanol–water partition coefficient (Wildman–Crippen LogP) is 4.09. The van der Waals surface area contributed by atoms with Crippen LogP contribution in [0.4, 0.5) is 0 Å². The van der Waals surface area contributed by atoms with Crippen LogP contribution >= 0.6 is 11.6 Å². The lowest BCUT2D eigenvalue weighted by molar-refractivity contribution is 0.101. The molecule has 1 atom stereocenters. The van der Waals surface area contributed by atoms with Crippen molar-refractivity contribution in [2.24, 2.45) is 0 Å². The van der Waals surface area contributed by atoms with Gasteiger partial charge in [0.15, 0.2) is 0 Å². The van der Waals surface area contributed by atoms with Gasteiger partial charge in [-0.25, -0.2) is 0 Å². The van der Waals surface area contributed by atoms with Gasteiger partial charge in [0.05, 0.1) is 0 Å². The summed E-state index contributed by atoms with van der Waals surface area (Å²) in [5, 5.41) is 5.13. The molecular formula is C20H29ClN4. The fraction of sp³-hybridized carbons (Fsp3) is 0.550. The maximum atomic E-state index is 6.36. The minimum absolute atomic E-state index is 0.393. The number of benzene rings is 1. The lowest BCUT2D eigenvalue weighted by atomic mass is 10.1. The van der Waals surface area contributed by atoms with Gasteiger partial charge >= 0.3 is 0 Å². The molecule has 1 fully saturated rings.